The molecular weight excluding hydrogens is 1090 g/mol. The molecule has 88 heavy (non-hydrogen) atoms. The average molecular weight is 1170 g/mol. The molecule has 0 N–H and O–H groups in total. The minimum absolute atomic E-state index is 0.0120. The van der Waals surface area contributed by atoms with Gasteiger partial charge in [-0.1, -0.05) is 186 Å². The third-order valence-electron chi connectivity index (χ3n) is 21.2. The van der Waals surface area contributed by atoms with Gasteiger partial charge in [-0.15, -0.1) is 11.3 Å². The molecule has 6 aliphatic rings. The van der Waals surface area contributed by atoms with E-state index in [2.05, 4.69) is 286 Å². The fraction of sp³-hybridized carbons (Fsp3) is 0.317. The second kappa shape index (κ2) is 19.6. The van der Waals surface area contributed by atoms with E-state index in [4.69, 9.17) is 4.42 Å². The zero-order valence-electron chi connectivity index (χ0n) is 53.6. The Morgan fingerprint density at radius 1 is 0.477 bits per heavy atom. The normalized spacial score (nSPS) is 19.6. The van der Waals surface area contributed by atoms with Crippen LogP contribution in [0.1, 0.15) is 149 Å². The molecular formula is C82H82BN3OS. The van der Waals surface area contributed by atoms with Crippen LogP contribution < -0.4 is 30.4 Å². The van der Waals surface area contributed by atoms with E-state index in [0.29, 0.717) is 5.41 Å². The number of thiophene rings is 1. The second-order valence-electron chi connectivity index (χ2n) is 31.3. The third-order valence-corrected chi connectivity index (χ3v) is 22.4. The molecule has 0 amide bonds. The van der Waals surface area contributed by atoms with Gasteiger partial charge in [-0.3, -0.25) is 0 Å². The van der Waals surface area contributed by atoms with Crippen LogP contribution in [0.2, 0.25) is 0 Å². The molecule has 17 rings (SSSR count). The molecule has 0 unspecified atom stereocenters. The highest BCUT2D eigenvalue weighted by Gasteiger charge is 2.52. The molecule has 0 saturated heterocycles. The average Bonchev–Trinajstić information content (AvgIpc) is 1.41. The number of benzene rings is 9. The summed E-state index contributed by atoms with van der Waals surface area (Å²) in [6.45, 7) is 28.1. The van der Waals surface area contributed by atoms with Crippen LogP contribution in [0.25, 0.3) is 43.2 Å². The first kappa shape index (κ1) is 55.5. The van der Waals surface area contributed by atoms with Crippen LogP contribution in [0.3, 0.4) is 0 Å². The van der Waals surface area contributed by atoms with Crippen LogP contribution >= 0.6 is 11.3 Å². The van der Waals surface area contributed by atoms with Crippen LogP contribution in [-0.2, 0) is 27.1 Å². The van der Waals surface area contributed by atoms with Gasteiger partial charge in [-0.25, -0.2) is 0 Å². The lowest BCUT2D eigenvalue weighted by atomic mass is 9.36. The van der Waals surface area contributed by atoms with Crippen molar-refractivity contribution in [3.63, 3.8) is 0 Å². The molecule has 4 aliphatic carbocycles. The lowest BCUT2D eigenvalue weighted by Crippen LogP contribution is -2.60. The number of hydrogen-bond acceptors (Lipinski definition) is 5. The Morgan fingerprint density at radius 3 is 1.74 bits per heavy atom. The molecule has 0 atom stereocenters. The fourth-order valence-electron chi connectivity index (χ4n) is 17.0. The van der Waals surface area contributed by atoms with E-state index in [0.717, 1.165) is 68.1 Å². The highest BCUT2D eigenvalue weighted by atomic mass is 32.1. The van der Waals surface area contributed by atoms with Crippen LogP contribution in [0.4, 0.5) is 51.2 Å². The third kappa shape index (κ3) is 8.87. The van der Waals surface area contributed by atoms with E-state index in [1.165, 1.54) is 120 Å². The summed E-state index contributed by atoms with van der Waals surface area (Å²) in [7, 11) is 0. The van der Waals surface area contributed by atoms with Crippen LogP contribution in [0.5, 0.6) is 0 Å². The van der Waals surface area contributed by atoms with Crippen LogP contribution in [0.15, 0.2) is 192 Å². The first-order valence-electron chi connectivity index (χ1n) is 32.7. The van der Waals surface area contributed by atoms with Gasteiger partial charge in [-0.2, -0.15) is 0 Å². The maximum absolute atomic E-state index is 7.18. The second-order valence-corrected chi connectivity index (χ2v) is 32.4. The molecule has 0 spiro atoms. The molecule has 4 heterocycles. The predicted octanol–water partition coefficient (Wildman–Crippen LogP) is 21.7. The molecule has 4 nitrogen and oxygen atoms in total. The van der Waals surface area contributed by atoms with Crippen molar-refractivity contribution in [2.75, 3.05) is 14.7 Å². The number of rotatable bonds is 7. The van der Waals surface area contributed by atoms with Gasteiger partial charge in [0.15, 0.2) is 5.58 Å². The number of hydrogen-bond donors (Lipinski definition) is 0. The van der Waals surface area contributed by atoms with Gasteiger partial charge < -0.3 is 19.1 Å². The largest absolute Gasteiger partial charge is 0.454 e. The molecule has 2 aliphatic heterocycles. The minimum Gasteiger partial charge on any atom is -0.454 e. The van der Waals surface area contributed by atoms with Crippen LogP contribution in [0, 0.1) is 17.8 Å². The zero-order valence-corrected chi connectivity index (χ0v) is 54.4. The molecule has 4 bridgehead atoms. The Kier molecular flexibility index (Phi) is 12.4. The van der Waals surface area contributed by atoms with E-state index >= 15 is 0 Å². The maximum Gasteiger partial charge on any atom is 0.264 e. The van der Waals surface area contributed by atoms with E-state index in [-0.39, 0.29) is 28.4 Å². The highest BCUT2D eigenvalue weighted by molar-refractivity contribution is 7.33. The summed E-state index contributed by atoms with van der Waals surface area (Å²) in [4.78, 5) is 7.85. The van der Waals surface area contributed by atoms with Gasteiger partial charge in [-0.05, 0) is 213 Å². The summed E-state index contributed by atoms with van der Waals surface area (Å²) in [6, 6.07) is 73.0. The van der Waals surface area contributed by atoms with E-state index in [9.17, 15) is 0 Å². The van der Waals surface area contributed by atoms with Crippen molar-refractivity contribution in [1.82, 2.24) is 0 Å². The van der Waals surface area contributed by atoms with Crippen molar-refractivity contribution < 1.29 is 4.42 Å². The van der Waals surface area contributed by atoms with Crippen molar-refractivity contribution in [1.29, 1.82) is 0 Å². The number of nitrogens with zero attached hydrogens (tertiary/aromatic N) is 3. The molecule has 4 saturated carbocycles. The first-order valence-corrected chi connectivity index (χ1v) is 33.5. The lowest BCUT2D eigenvalue weighted by Gasteiger charge is -2.57. The van der Waals surface area contributed by atoms with Gasteiger partial charge in [0, 0.05) is 65.3 Å². The standard InChI is InChI=1S/C82H82BN3OS/c1-78(2,3)54-25-31-59(32-26-54)84(67-37-29-56(79(4,5)6)42-64(67)53-19-14-13-15-20-53)61-35-36-66-69(46-61)86(68-23-18-22-63-62-21-16-17-24-72(62)87-76(63)68)71-45-58(81(10,11)12)44-70-74(71)83(66)77-75(65-43-57(80(7,8)9)30-38-73(65)88-77)85(70)60-33-27-55(28-34-60)82-47-50-39-51(48-82)41-52(40-50)49-82/h13-38,42-46,50-52H,39-41,47-49H2,1-12H3. The maximum atomic E-state index is 7.18. The van der Waals surface area contributed by atoms with Crippen LogP contribution in [-0.4, -0.2) is 6.71 Å². The topological polar surface area (TPSA) is 22.9 Å². The molecule has 11 aromatic rings. The Bertz CT molecular complexity index is 4560. The molecule has 9 aromatic carbocycles. The number of furan rings is 1. The molecule has 6 heteroatoms. The van der Waals surface area contributed by atoms with Gasteiger partial charge in [0.05, 0.1) is 17.1 Å². The summed E-state index contributed by atoms with van der Waals surface area (Å²) < 4.78 is 9.89. The number of fused-ring (bicyclic) bond motifs is 9. The van der Waals surface area contributed by atoms with Gasteiger partial charge in [0.25, 0.3) is 6.71 Å². The lowest BCUT2D eigenvalue weighted by molar-refractivity contribution is -0.00518. The van der Waals surface area contributed by atoms with E-state index < -0.39 is 0 Å². The van der Waals surface area contributed by atoms with Gasteiger partial charge >= 0.3 is 0 Å². The monoisotopic (exact) mass is 1170 g/mol. The molecule has 4 fully saturated rings. The minimum atomic E-state index is -0.201. The fourth-order valence-corrected chi connectivity index (χ4v) is 18.3. The van der Waals surface area contributed by atoms with Gasteiger partial charge in [0.1, 0.15) is 5.58 Å². The summed E-state index contributed by atoms with van der Waals surface area (Å²) >= 11 is 2.00. The Hall–Kier alpha value is -7.80. The van der Waals surface area contributed by atoms with Crippen molar-refractivity contribution in [2.24, 2.45) is 17.8 Å². The Balaban J connectivity index is 0.985. The molecule has 440 valence electrons. The number of anilines is 9. The van der Waals surface area contributed by atoms with Crippen molar-refractivity contribution >= 4 is 117 Å². The van der Waals surface area contributed by atoms with E-state index in [1.807, 2.05) is 11.3 Å². The van der Waals surface area contributed by atoms with Crippen molar-refractivity contribution in [2.45, 2.75) is 149 Å². The van der Waals surface area contributed by atoms with Gasteiger partial charge in [0.2, 0.25) is 0 Å². The Labute approximate surface area is 526 Å². The summed E-state index contributed by atoms with van der Waals surface area (Å²) in [5.41, 5.74) is 24.1. The van der Waals surface area contributed by atoms with Crippen molar-refractivity contribution in [3.05, 3.63) is 216 Å². The summed E-state index contributed by atoms with van der Waals surface area (Å²) in [5.74, 6) is 2.65. The Morgan fingerprint density at radius 2 is 1.07 bits per heavy atom. The SMILES string of the molecule is CC(C)(C)c1ccc(N(c2ccc3c(c2)N(c2cccc4c2oc2ccccc24)c2cc(C(C)(C)C)cc4c2B3c2sc3ccc(C(C)(C)C)cc3c2N4c2ccc(C34CC5CC(CC(C5)C3)C4)cc2)c2ccc(C(C)(C)C)cc2-c2ccccc2)cc1. The summed E-state index contributed by atoms with van der Waals surface area (Å²) in [6.07, 6.45) is 8.41. The number of para-hydroxylation sites is 2. The summed E-state index contributed by atoms with van der Waals surface area (Å²) in [5, 5.41) is 3.57. The quantitative estimate of drug-likeness (QED) is 0.148. The smallest absolute Gasteiger partial charge is 0.264 e. The predicted molar refractivity (Wildman–Crippen MR) is 378 cm³/mol. The molecule has 2 aromatic heterocycles. The first-order chi connectivity index (χ1) is 42.1. The highest BCUT2D eigenvalue weighted by Crippen LogP contribution is 2.61. The molecule has 0 radical (unpaired) electrons. The zero-order chi connectivity index (χ0) is 60.6. The van der Waals surface area contributed by atoms with E-state index in [1.54, 1.807) is 5.56 Å². The van der Waals surface area contributed by atoms with Crippen molar-refractivity contribution in [3.8, 4) is 11.1 Å².